The van der Waals surface area contributed by atoms with E-state index in [0.29, 0.717) is 18.2 Å². The maximum absolute atomic E-state index is 12.0. The lowest BCUT2D eigenvalue weighted by Crippen LogP contribution is -2.47. The molecule has 4 nitrogen and oxygen atoms in total. The van der Waals surface area contributed by atoms with Crippen molar-refractivity contribution >= 4 is 39.0 Å². The van der Waals surface area contributed by atoms with E-state index in [1.54, 1.807) is 11.8 Å². The highest BCUT2D eigenvalue weighted by molar-refractivity contribution is 8.01. The fourth-order valence-electron chi connectivity index (χ4n) is 2.44. The lowest BCUT2D eigenvalue weighted by Gasteiger charge is -2.35. The number of hydrogen-bond acceptors (Lipinski definition) is 5. The molecule has 1 atom stereocenters. The van der Waals surface area contributed by atoms with Crippen molar-refractivity contribution in [1.29, 1.82) is 0 Å². The summed E-state index contributed by atoms with van der Waals surface area (Å²) in [4.78, 5) is 6.57. The van der Waals surface area contributed by atoms with E-state index in [0.717, 1.165) is 35.7 Å². The van der Waals surface area contributed by atoms with Crippen LogP contribution in [-0.4, -0.2) is 43.1 Å². The summed E-state index contributed by atoms with van der Waals surface area (Å²) in [6, 6.07) is 3.93. The molecule has 1 saturated heterocycles. The van der Waals surface area contributed by atoms with Crippen LogP contribution in [0.15, 0.2) is 12.1 Å². The Bertz CT molecular complexity index is 593. The summed E-state index contributed by atoms with van der Waals surface area (Å²) in [5.74, 6) is 2.67. The normalized spacial score (nSPS) is 19.8. The number of halogens is 1. The number of aryl methyl sites for hydroxylation is 1. The molecule has 1 aliphatic rings. The van der Waals surface area contributed by atoms with Gasteiger partial charge in [0.2, 0.25) is 0 Å². The molecule has 2 rings (SSSR count). The number of rotatable bonds is 5. The molecule has 1 unspecified atom stereocenters. The van der Waals surface area contributed by atoms with Gasteiger partial charge in [0.05, 0.1) is 0 Å². The fraction of sp³-hybridized carbons (Fsp3) is 0.643. The number of sulfone groups is 1. The second-order valence-electron chi connectivity index (χ2n) is 5.26. The van der Waals surface area contributed by atoms with Crippen LogP contribution in [0.5, 0.6) is 0 Å². The monoisotopic (exact) mass is 348 g/mol. The van der Waals surface area contributed by atoms with Gasteiger partial charge >= 0.3 is 0 Å². The first-order valence-electron chi connectivity index (χ1n) is 7.04. The van der Waals surface area contributed by atoms with Gasteiger partial charge in [-0.05, 0) is 24.1 Å². The van der Waals surface area contributed by atoms with Gasteiger partial charge in [0, 0.05) is 35.9 Å². The van der Waals surface area contributed by atoms with Gasteiger partial charge in [-0.15, -0.1) is 11.6 Å². The zero-order valence-corrected chi connectivity index (χ0v) is 14.8. The summed E-state index contributed by atoms with van der Waals surface area (Å²) in [6.07, 6.45) is 3.18. The van der Waals surface area contributed by atoms with Crippen molar-refractivity contribution in [3.63, 3.8) is 0 Å². The molecule has 0 bridgehead atoms. The molecule has 7 heteroatoms. The summed E-state index contributed by atoms with van der Waals surface area (Å²) >= 11 is 7.65. The maximum Gasteiger partial charge on any atom is 0.169 e. The summed E-state index contributed by atoms with van der Waals surface area (Å²) in [6.45, 7) is 2.80. The van der Waals surface area contributed by atoms with Crippen molar-refractivity contribution in [3.05, 3.63) is 23.4 Å². The summed E-state index contributed by atoms with van der Waals surface area (Å²) in [5, 5.41) is -0.496. The highest BCUT2D eigenvalue weighted by Gasteiger charge is 2.32. The molecule has 0 saturated carbocycles. The highest BCUT2D eigenvalue weighted by atomic mass is 35.5. The van der Waals surface area contributed by atoms with Crippen LogP contribution in [0.3, 0.4) is 0 Å². The van der Waals surface area contributed by atoms with E-state index < -0.39 is 15.2 Å². The largest absolute Gasteiger partial charge is 0.338 e. The van der Waals surface area contributed by atoms with Crippen LogP contribution in [0.4, 0.5) is 5.82 Å². The zero-order chi connectivity index (χ0) is 15.5. The fourth-order valence-corrected chi connectivity index (χ4v) is 5.42. The summed E-state index contributed by atoms with van der Waals surface area (Å²) in [7, 11) is -3.14. The molecule has 1 fully saturated rings. The molecule has 0 spiro atoms. The summed E-state index contributed by atoms with van der Waals surface area (Å²) < 4.78 is 24.1. The van der Waals surface area contributed by atoms with Crippen LogP contribution >= 0.6 is 23.4 Å². The Morgan fingerprint density at radius 1 is 1.48 bits per heavy atom. The van der Waals surface area contributed by atoms with E-state index in [-0.39, 0.29) is 0 Å². The third kappa shape index (κ3) is 4.27. The van der Waals surface area contributed by atoms with Crippen LogP contribution in [0, 0.1) is 0 Å². The second kappa shape index (κ2) is 7.20. The first-order chi connectivity index (χ1) is 9.95. The predicted molar refractivity (Wildman–Crippen MR) is 91.1 cm³/mol. The van der Waals surface area contributed by atoms with Gasteiger partial charge in [0.15, 0.2) is 9.84 Å². The summed E-state index contributed by atoms with van der Waals surface area (Å²) in [5.41, 5.74) is 1.98. The van der Waals surface area contributed by atoms with Crippen molar-refractivity contribution < 1.29 is 8.42 Å². The van der Waals surface area contributed by atoms with Gasteiger partial charge in [-0.25, -0.2) is 13.4 Å². The van der Waals surface area contributed by atoms with E-state index >= 15 is 0 Å². The second-order valence-corrected chi connectivity index (χ2v) is 8.88. The van der Waals surface area contributed by atoms with Crippen LogP contribution < -0.4 is 4.90 Å². The SMILES string of the molecule is CCCc1cc(CCl)cc(N2CCSCC2S(C)(=O)=O)n1. The minimum atomic E-state index is -3.14. The van der Waals surface area contributed by atoms with Gasteiger partial charge < -0.3 is 4.90 Å². The Labute approximate surface area is 136 Å². The molecule has 1 aromatic heterocycles. The third-order valence-corrected chi connectivity index (χ3v) is 6.41. The van der Waals surface area contributed by atoms with Crippen molar-refractivity contribution in [2.75, 3.05) is 29.2 Å². The lowest BCUT2D eigenvalue weighted by molar-refractivity contribution is 0.583. The van der Waals surface area contributed by atoms with Gasteiger partial charge in [0.1, 0.15) is 11.2 Å². The molecule has 0 amide bonds. The molecule has 1 aliphatic heterocycles. The first kappa shape index (κ1) is 16.9. The van der Waals surface area contributed by atoms with Crippen molar-refractivity contribution in [2.24, 2.45) is 0 Å². The number of thioether (sulfide) groups is 1. The van der Waals surface area contributed by atoms with E-state index in [2.05, 4.69) is 11.9 Å². The van der Waals surface area contributed by atoms with Crippen molar-refractivity contribution in [1.82, 2.24) is 4.98 Å². The number of hydrogen-bond donors (Lipinski definition) is 0. The molecule has 0 N–H and O–H groups in total. The Balaban J connectivity index is 2.40. The Hall–Kier alpha value is -0.460. The number of aromatic nitrogens is 1. The standard InChI is InChI=1S/C14H21ClN2O2S2/c1-3-4-12-7-11(9-15)8-13(16-12)17-5-6-20-10-14(17)21(2,18)19/h7-8,14H,3-6,9-10H2,1-2H3. The average molecular weight is 349 g/mol. The maximum atomic E-state index is 12.0. The number of pyridine rings is 1. The third-order valence-electron chi connectivity index (χ3n) is 3.46. The molecule has 2 heterocycles. The van der Waals surface area contributed by atoms with Crippen LogP contribution in [0.25, 0.3) is 0 Å². The van der Waals surface area contributed by atoms with Crippen molar-refractivity contribution in [3.8, 4) is 0 Å². The first-order valence-corrected chi connectivity index (χ1v) is 10.7. The molecule has 0 aliphatic carbocycles. The van der Waals surface area contributed by atoms with Gasteiger partial charge in [-0.3, -0.25) is 0 Å². The molecule has 0 radical (unpaired) electrons. The number of alkyl halides is 1. The minimum Gasteiger partial charge on any atom is -0.338 e. The quantitative estimate of drug-likeness (QED) is 0.766. The van der Waals surface area contributed by atoms with E-state index in [1.807, 2.05) is 17.0 Å². The van der Waals surface area contributed by atoms with Gasteiger partial charge in [0.25, 0.3) is 0 Å². The van der Waals surface area contributed by atoms with Gasteiger partial charge in [-0.1, -0.05) is 13.3 Å². The van der Waals surface area contributed by atoms with Crippen LogP contribution in [0.2, 0.25) is 0 Å². The van der Waals surface area contributed by atoms with Crippen LogP contribution in [0.1, 0.15) is 24.6 Å². The lowest BCUT2D eigenvalue weighted by atomic mass is 10.1. The topological polar surface area (TPSA) is 50.3 Å². The van der Waals surface area contributed by atoms with E-state index in [4.69, 9.17) is 11.6 Å². The Kier molecular flexibility index (Phi) is 5.80. The number of nitrogens with zero attached hydrogens (tertiary/aromatic N) is 2. The van der Waals surface area contributed by atoms with Crippen LogP contribution in [-0.2, 0) is 22.1 Å². The Morgan fingerprint density at radius 3 is 2.86 bits per heavy atom. The molecule has 21 heavy (non-hydrogen) atoms. The smallest absolute Gasteiger partial charge is 0.169 e. The zero-order valence-electron chi connectivity index (χ0n) is 12.4. The van der Waals surface area contributed by atoms with Gasteiger partial charge in [-0.2, -0.15) is 11.8 Å². The molecular weight excluding hydrogens is 328 g/mol. The number of anilines is 1. The Morgan fingerprint density at radius 2 is 2.24 bits per heavy atom. The molecule has 0 aromatic carbocycles. The van der Waals surface area contributed by atoms with E-state index in [9.17, 15) is 8.42 Å². The minimum absolute atomic E-state index is 0.415. The predicted octanol–water partition coefficient (Wildman–Crippen LogP) is 2.70. The highest BCUT2D eigenvalue weighted by Crippen LogP contribution is 2.27. The van der Waals surface area contributed by atoms with E-state index in [1.165, 1.54) is 6.26 Å². The molecule has 118 valence electrons. The molecule has 1 aromatic rings. The molecular formula is C14H21ClN2O2S2. The average Bonchev–Trinajstić information content (AvgIpc) is 2.46. The van der Waals surface area contributed by atoms with Crippen molar-refractivity contribution in [2.45, 2.75) is 31.0 Å².